The van der Waals surface area contributed by atoms with E-state index in [1.807, 2.05) is 26.0 Å². The quantitative estimate of drug-likeness (QED) is 0.688. The number of amides is 1. The van der Waals surface area contributed by atoms with Gasteiger partial charge in [-0.25, -0.2) is 9.97 Å². The normalized spacial score (nSPS) is 17.6. The van der Waals surface area contributed by atoms with Gasteiger partial charge in [0.2, 0.25) is 5.91 Å². The third kappa shape index (κ3) is 3.48. The molecule has 30 heavy (non-hydrogen) atoms. The molecule has 5 heterocycles. The van der Waals surface area contributed by atoms with E-state index < -0.39 is 0 Å². The fraction of sp³-hybridized carbons (Fsp3) is 0.429. The minimum absolute atomic E-state index is 0.0880. The van der Waals surface area contributed by atoms with Gasteiger partial charge in [-0.2, -0.15) is 0 Å². The van der Waals surface area contributed by atoms with Crippen molar-refractivity contribution in [3.8, 4) is 0 Å². The summed E-state index contributed by atoms with van der Waals surface area (Å²) in [5, 5.41) is 3.63. The highest BCUT2D eigenvalue weighted by atomic mass is 32.1. The van der Waals surface area contributed by atoms with Gasteiger partial charge in [-0.1, -0.05) is 0 Å². The maximum Gasteiger partial charge on any atom is 0.271 e. The minimum atomic E-state index is -0.260. The zero-order valence-corrected chi connectivity index (χ0v) is 17.7. The lowest BCUT2D eigenvalue weighted by Gasteiger charge is -2.30. The van der Waals surface area contributed by atoms with Crippen LogP contribution in [0, 0.1) is 0 Å². The van der Waals surface area contributed by atoms with Crippen molar-refractivity contribution in [3.05, 3.63) is 45.8 Å². The lowest BCUT2D eigenvalue weighted by molar-refractivity contribution is -0.121. The summed E-state index contributed by atoms with van der Waals surface area (Å²) in [5.41, 5.74) is 2.19. The largest absolute Gasteiger partial charge is 0.496 e. The first-order chi connectivity index (χ1) is 14.4. The summed E-state index contributed by atoms with van der Waals surface area (Å²) >= 11 is 1.33. The summed E-state index contributed by atoms with van der Waals surface area (Å²) in [6.07, 6.45) is 4.97. The van der Waals surface area contributed by atoms with E-state index in [0.717, 1.165) is 40.1 Å². The Morgan fingerprint density at radius 2 is 2.27 bits per heavy atom. The number of carbonyl (C=O) groups excluding carboxylic acids is 1. The Kier molecular flexibility index (Phi) is 4.59. The topological polar surface area (TPSA) is 95.3 Å². The van der Waals surface area contributed by atoms with Gasteiger partial charge in [0, 0.05) is 23.8 Å². The molecule has 0 aromatic carbocycles. The van der Waals surface area contributed by atoms with Crippen LogP contribution in [0.2, 0.25) is 0 Å². The van der Waals surface area contributed by atoms with E-state index in [2.05, 4.69) is 10.3 Å². The number of pyridine rings is 1. The van der Waals surface area contributed by atoms with Crippen LogP contribution in [0.15, 0.2) is 29.0 Å². The molecule has 0 saturated carbocycles. The Morgan fingerprint density at radius 1 is 1.40 bits per heavy atom. The van der Waals surface area contributed by atoms with Crippen molar-refractivity contribution in [1.29, 1.82) is 0 Å². The molecule has 0 fully saturated rings. The van der Waals surface area contributed by atoms with Crippen LogP contribution < -0.4 is 10.9 Å². The van der Waals surface area contributed by atoms with Crippen molar-refractivity contribution in [2.75, 3.05) is 13.2 Å². The molecule has 0 radical (unpaired) electrons. The van der Waals surface area contributed by atoms with E-state index in [9.17, 15) is 9.59 Å². The number of thiophene rings is 1. The molecule has 1 amide bonds. The average Bonchev–Trinajstić information content (AvgIpc) is 3.34. The molecule has 0 saturated heterocycles. The summed E-state index contributed by atoms with van der Waals surface area (Å²) in [4.78, 5) is 35.3. The molecule has 3 aromatic heterocycles. The van der Waals surface area contributed by atoms with Gasteiger partial charge in [0.15, 0.2) is 0 Å². The van der Waals surface area contributed by atoms with Gasteiger partial charge in [-0.3, -0.25) is 14.2 Å². The highest BCUT2D eigenvalue weighted by Crippen LogP contribution is 2.34. The van der Waals surface area contributed by atoms with E-state index in [1.165, 1.54) is 22.2 Å². The summed E-state index contributed by atoms with van der Waals surface area (Å²) in [6.45, 7) is 5.49. The Labute approximate surface area is 176 Å². The van der Waals surface area contributed by atoms with Gasteiger partial charge < -0.3 is 14.8 Å². The van der Waals surface area contributed by atoms with Crippen molar-refractivity contribution < 1.29 is 14.3 Å². The Bertz CT molecular complexity index is 1260. The summed E-state index contributed by atoms with van der Waals surface area (Å²) in [5.74, 6) is 0.500. The Balaban J connectivity index is 1.44. The van der Waals surface area contributed by atoms with Crippen LogP contribution >= 0.6 is 11.3 Å². The number of rotatable bonds is 4. The molecule has 0 atom stereocenters. The smallest absolute Gasteiger partial charge is 0.271 e. The number of carbonyl (C=O) groups is 1. The van der Waals surface area contributed by atoms with Gasteiger partial charge in [-0.05, 0) is 26.0 Å². The molecule has 1 N–H and O–H groups in total. The molecule has 2 aliphatic rings. The first-order valence-electron chi connectivity index (χ1n) is 9.92. The zero-order chi connectivity index (χ0) is 20.9. The SMILES string of the molecule is CC1(C)Cc2nc3sc4c(=O)n(CC(=O)NCC5=CCCO5)cnc4c3cc2CO1. The van der Waals surface area contributed by atoms with Crippen molar-refractivity contribution >= 4 is 37.7 Å². The average molecular weight is 426 g/mol. The van der Waals surface area contributed by atoms with Gasteiger partial charge in [0.05, 0.1) is 42.9 Å². The standard InChI is InChI=1S/C21H22N4O4S/c1-21(2)7-15-12(10-29-21)6-14-17-18(30-19(14)24-15)20(27)25(11-23-17)9-16(26)22-8-13-4-3-5-28-13/h4,6,11H,3,5,7-10H2,1-2H3,(H,22,26). The summed E-state index contributed by atoms with van der Waals surface area (Å²) in [7, 11) is 0. The van der Waals surface area contributed by atoms with Gasteiger partial charge >= 0.3 is 0 Å². The molecule has 0 aliphatic carbocycles. The van der Waals surface area contributed by atoms with Crippen LogP contribution in [-0.4, -0.2) is 39.2 Å². The number of ether oxygens (including phenoxy) is 2. The highest BCUT2D eigenvalue weighted by Gasteiger charge is 2.28. The third-order valence-electron chi connectivity index (χ3n) is 5.37. The number of nitrogens with zero attached hydrogens (tertiary/aromatic N) is 3. The summed E-state index contributed by atoms with van der Waals surface area (Å²) in [6, 6.07) is 2.03. The van der Waals surface area contributed by atoms with Crippen LogP contribution in [0.5, 0.6) is 0 Å². The van der Waals surface area contributed by atoms with Gasteiger partial charge in [0.1, 0.15) is 21.8 Å². The predicted octanol–water partition coefficient (Wildman–Crippen LogP) is 2.28. The predicted molar refractivity (Wildman–Crippen MR) is 113 cm³/mol. The molecule has 0 bridgehead atoms. The first kappa shape index (κ1) is 19.2. The zero-order valence-electron chi connectivity index (χ0n) is 16.9. The minimum Gasteiger partial charge on any atom is -0.496 e. The molecule has 156 valence electrons. The Morgan fingerprint density at radius 3 is 3.07 bits per heavy atom. The molecule has 9 heteroatoms. The number of nitrogens with one attached hydrogen (secondary N) is 1. The molecule has 0 unspecified atom stereocenters. The van der Waals surface area contributed by atoms with E-state index in [4.69, 9.17) is 14.5 Å². The fourth-order valence-corrected chi connectivity index (χ4v) is 4.86. The highest BCUT2D eigenvalue weighted by molar-refractivity contribution is 7.25. The van der Waals surface area contributed by atoms with Crippen molar-refractivity contribution in [2.24, 2.45) is 0 Å². The number of fused-ring (bicyclic) bond motifs is 4. The van der Waals surface area contributed by atoms with Crippen LogP contribution in [0.4, 0.5) is 0 Å². The molecule has 8 nitrogen and oxygen atoms in total. The maximum atomic E-state index is 13.0. The van der Waals surface area contributed by atoms with Gasteiger partial charge in [-0.15, -0.1) is 11.3 Å². The molecular formula is C21H22N4O4S. The van der Waals surface area contributed by atoms with E-state index >= 15 is 0 Å². The molecule has 3 aromatic rings. The van der Waals surface area contributed by atoms with Crippen molar-refractivity contribution in [2.45, 2.75) is 45.4 Å². The van der Waals surface area contributed by atoms with Crippen LogP contribution in [0.1, 0.15) is 31.5 Å². The third-order valence-corrected chi connectivity index (χ3v) is 6.45. The molecule has 0 spiro atoms. The lowest BCUT2D eigenvalue weighted by atomic mass is 9.95. The number of hydrogen-bond donors (Lipinski definition) is 1. The van der Waals surface area contributed by atoms with Crippen LogP contribution in [0.3, 0.4) is 0 Å². The number of aromatic nitrogens is 3. The fourth-order valence-electron chi connectivity index (χ4n) is 3.78. The molecule has 2 aliphatic heterocycles. The van der Waals surface area contributed by atoms with Gasteiger partial charge in [0.25, 0.3) is 5.56 Å². The monoisotopic (exact) mass is 426 g/mol. The van der Waals surface area contributed by atoms with E-state index in [0.29, 0.717) is 30.0 Å². The van der Waals surface area contributed by atoms with E-state index in [-0.39, 0.29) is 23.6 Å². The second kappa shape index (κ2) is 7.17. The number of hydrogen-bond acceptors (Lipinski definition) is 7. The van der Waals surface area contributed by atoms with Crippen LogP contribution in [-0.2, 0) is 33.8 Å². The van der Waals surface area contributed by atoms with Crippen molar-refractivity contribution in [1.82, 2.24) is 19.9 Å². The van der Waals surface area contributed by atoms with E-state index in [1.54, 1.807) is 0 Å². The molecular weight excluding hydrogens is 404 g/mol. The second-order valence-corrected chi connectivity index (χ2v) is 9.21. The maximum absolute atomic E-state index is 13.0. The lowest BCUT2D eigenvalue weighted by Crippen LogP contribution is -2.33. The molecule has 5 rings (SSSR count). The van der Waals surface area contributed by atoms with Crippen molar-refractivity contribution in [3.63, 3.8) is 0 Å². The first-order valence-corrected chi connectivity index (χ1v) is 10.7. The second-order valence-electron chi connectivity index (χ2n) is 8.21. The van der Waals surface area contributed by atoms with Crippen LogP contribution in [0.25, 0.3) is 20.4 Å². The Hall–Kier alpha value is -2.78. The summed E-state index contributed by atoms with van der Waals surface area (Å²) < 4.78 is 13.1.